The molecule has 3 rings (SSSR count). The summed E-state index contributed by atoms with van der Waals surface area (Å²) in [6.45, 7) is 1.75. The molecule has 0 saturated heterocycles. The summed E-state index contributed by atoms with van der Waals surface area (Å²) in [7, 11) is 4.89. The lowest BCUT2D eigenvalue weighted by Crippen LogP contribution is -2.23. The summed E-state index contributed by atoms with van der Waals surface area (Å²) in [4.78, 5) is 18.4. The summed E-state index contributed by atoms with van der Waals surface area (Å²) in [6, 6.07) is 6.44. The number of aliphatic hydroxyl groups excluding tert-OH is 1. The highest BCUT2D eigenvalue weighted by atomic mass is 19.4. The van der Waals surface area contributed by atoms with Gasteiger partial charge in [0.05, 0.1) is 17.2 Å². The van der Waals surface area contributed by atoms with E-state index in [2.05, 4.69) is 4.98 Å². The number of hydrogen-bond acceptors (Lipinski definition) is 4. The minimum absolute atomic E-state index is 0.0142. The summed E-state index contributed by atoms with van der Waals surface area (Å²) < 4.78 is 41.6. The van der Waals surface area contributed by atoms with Crippen LogP contribution in [0.5, 0.6) is 5.75 Å². The van der Waals surface area contributed by atoms with Crippen LogP contribution in [0, 0.1) is 6.92 Å². The van der Waals surface area contributed by atoms with Crippen LogP contribution in [0.4, 0.5) is 13.2 Å². The number of aromatic nitrogens is 2. The zero-order chi connectivity index (χ0) is 23.1. The molecule has 0 radical (unpaired) electrons. The van der Waals surface area contributed by atoms with Gasteiger partial charge < -0.3 is 19.7 Å². The van der Waals surface area contributed by atoms with Crippen LogP contribution in [0.3, 0.4) is 0 Å². The predicted octanol–water partition coefficient (Wildman–Crippen LogP) is 3.97. The second kappa shape index (κ2) is 8.22. The maximum absolute atomic E-state index is 13.3. The standard InChI is InChI=1S/C22H24F3N3O3/c1-12-26-19-17(28(12)4)11-15(21(31)27(2)3)13(20(19)30)9-10-18(29)14-7-5-6-8-16(14)22(23,24)25/h5-8,11,18,29-30H,9-10H2,1-4H3/t18-/m1/s1. The smallest absolute Gasteiger partial charge is 0.416 e. The van der Waals surface area contributed by atoms with Crippen molar-refractivity contribution >= 4 is 16.9 Å². The molecule has 1 amide bonds. The van der Waals surface area contributed by atoms with E-state index in [-0.39, 0.29) is 41.2 Å². The van der Waals surface area contributed by atoms with E-state index < -0.39 is 17.8 Å². The van der Waals surface area contributed by atoms with Crippen LogP contribution in [-0.4, -0.2) is 44.7 Å². The highest BCUT2D eigenvalue weighted by Crippen LogP contribution is 2.37. The third-order valence-corrected chi connectivity index (χ3v) is 5.41. The van der Waals surface area contributed by atoms with E-state index in [4.69, 9.17) is 0 Å². The first-order chi connectivity index (χ1) is 14.4. The van der Waals surface area contributed by atoms with E-state index >= 15 is 0 Å². The van der Waals surface area contributed by atoms with Crippen LogP contribution < -0.4 is 0 Å². The van der Waals surface area contributed by atoms with Crippen molar-refractivity contribution in [3.05, 3.63) is 58.4 Å². The average Bonchev–Trinajstić information content (AvgIpc) is 3.00. The van der Waals surface area contributed by atoms with E-state index in [0.29, 0.717) is 16.9 Å². The Morgan fingerprint density at radius 1 is 1.26 bits per heavy atom. The monoisotopic (exact) mass is 435 g/mol. The van der Waals surface area contributed by atoms with Crippen molar-refractivity contribution in [1.29, 1.82) is 0 Å². The minimum Gasteiger partial charge on any atom is -0.505 e. The number of imidazole rings is 1. The molecule has 1 heterocycles. The molecule has 0 fully saturated rings. The van der Waals surface area contributed by atoms with Gasteiger partial charge in [-0.25, -0.2) is 4.98 Å². The van der Waals surface area contributed by atoms with Gasteiger partial charge in [0.2, 0.25) is 0 Å². The van der Waals surface area contributed by atoms with Crippen molar-refractivity contribution < 1.29 is 28.2 Å². The minimum atomic E-state index is -4.60. The van der Waals surface area contributed by atoms with Crippen molar-refractivity contribution in [3.63, 3.8) is 0 Å². The molecule has 0 bridgehead atoms. The molecule has 0 aliphatic carbocycles. The van der Waals surface area contributed by atoms with Gasteiger partial charge in [-0.2, -0.15) is 13.2 Å². The first kappa shape index (κ1) is 22.6. The fourth-order valence-electron chi connectivity index (χ4n) is 3.63. The lowest BCUT2D eigenvalue weighted by Gasteiger charge is -2.19. The van der Waals surface area contributed by atoms with Crippen molar-refractivity contribution in [1.82, 2.24) is 14.5 Å². The van der Waals surface area contributed by atoms with Crippen molar-refractivity contribution in [2.75, 3.05) is 14.1 Å². The number of benzene rings is 2. The molecule has 0 aliphatic rings. The van der Waals surface area contributed by atoms with Crippen molar-refractivity contribution in [2.24, 2.45) is 7.05 Å². The molecule has 0 unspecified atom stereocenters. The molecule has 0 spiro atoms. The Kier molecular flexibility index (Phi) is 6.00. The van der Waals surface area contributed by atoms with Gasteiger partial charge in [-0.05, 0) is 37.5 Å². The summed E-state index contributed by atoms with van der Waals surface area (Å²) >= 11 is 0. The molecule has 0 aliphatic heterocycles. The number of aliphatic hydroxyl groups is 1. The SMILES string of the molecule is Cc1nc2c(O)c(CC[C@@H](O)c3ccccc3C(F)(F)F)c(C(=O)N(C)C)cc2n1C. The fourth-order valence-corrected chi connectivity index (χ4v) is 3.63. The molecule has 3 aromatic rings. The van der Waals surface area contributed by atoms with E-state index in [0.717, 1.165) is 6.07 Å². The molecule has 9 heteroatoms. The van der Waals surface area contributed by atoms with Gasteiger partial charge in [-0.1, -0.05) is 18.2 Å². The zero-order valence-electron chi connectivity index (χ0n) is 17.7. The number of carbonyl (C=O) groups excluding carboxylic acids is 1. The number of aromatic hydroxyl groups is 1. The summed E-state index contributed by atoms with van der Waals surface area (Å²) in [6.07, 6.45) is -6.16. The zero-order valence-corrected chi connectivity index (χ0v) is 17.7. The van der Waals surface area contributed by atoms with E-state index in [1.807, 2.05) is 0 Å². The molecule has 31 heavy (non-hydrogen) atoms. The predicted molar refractivity (Wildman–Crippen MR) is 110 cm³/mol. The highest BCUT2D eigenvalue weighted by molar-refractivity contribution is 6.01. The van der Waals surface area contributed by atoms with Gasteiger partial charge in [0.1, 0.15) is 17.1 Å². The number of nitrogens with zero attached hydrogens (tertiary/aromatic N) is 3. The van der Waals surface area contributed by atoms with Gasteiger partial charge >= 0.3 is 6.18 Å². The second-order valence-corrected chi connectivity index (χ2v) is 7.68. The largest absolute Gasteiger partial charge is 0.505 e. The molecule has 2 aromatic carbocycles. The number of halogens is 3. The van der Waals surface area contributed by atoms with Crippen LogP contribution in [0.1, 0.15) is 45.4 Å². The third kappa shape index (κ3) is 4.23. The number of phenolic OH excluding ortho intramolecular Hbond substituents is 1. The molecule has 0 saturated carbocycles. The van der Waals surface area contributed by atoms with Crippen LogP contribution in [0.2, 0.25) is 0 Å². The highest BCUT2D eigenvalue weighted by Gasteiger charge is 2.34. The quantitative estimate of drug-likeness (QED) is 0.636. The molecule has 166 valence electrons. The van der Waals surface area contributed by atoms with Gasteiger partial charge in [0.25, 0.3) is 5.91 Å². The third-order valence-electron chi connectivity index (χ3n) is 5.41. The molecule has 6 nitrogen and oxygen atoms in total. The maximum atomic E-state index is 13.3. The number of phenols is 1. The Balaban J connectivity index is 2.03. The van der Waals surface area contributed by atoms with E-state index in [1.165, 1.54) is 23.1 Å². The number of carbonyl (C=O) groups is 1. The molecular formula is C22H24F3N3O3. The summed E-state index contributed by atoms with van der Waals surface area (Å²) in [5.41, 5.74) is 0.168. The van der Waals surface area contributed by atoms with Gasteiger partial charge in [0, 0.05) is 32.3 Å². The number of amides is 1. The first-order valence-corrected chi connectivity index (χ1v) is 9.67. The maximum Gasteiger partial charge on any atom is 0.416 e. The van der Waals surface area contributed by atoms with E-state index in [1.54, 1.807) is 38.7 Å². The fraction of sp³-hybridized carbons (Fsp3) is 0.364. The lowest BCUT2D eigenvalue weighted by atomic mass is 9.94. The molecule has 1 aromatic heterocycles. The normalized spacial score (nSPS) is 12.9. The van der Waals surface area contributed by atoms with Gasteiger partial charge in [-0.3, -0.25) is 4.79 Å². The summed E-state index contributed by atoms with van der Waals surface area (Å²) in [5, 5.41) is 21.4. The van der Waals surface area contributed by atoms with Crippen molar-refractivity contribution in [2.45, 2.75) is 32.0 Å². The first-order valence-electron chi connectivity index (χ1n) is 9.67. The Labute approximate surface area is 177 Å². The second-order valence-electron chi connectivity index (χ2n) is 7.68. The Morgan fingerprint density at radius 3 is 2.52 bits per heavy atom. The van der Waals surface area contributed by atoms with Crippen LogP contribution in [0.25, 0.3) is 11.0 Å². The van der Waals surface area contributed by atoms with Gasteiger partial charge in [0.15, 0.2) is 0 Å². The number of rotatable bonds is 5. The van der Waals surface area contributed by atoms with Crippen molar-refractivity contribution in [3.8, 4) is 5.75 Å². The molecule has 1 atom stereocenters. The molecule has 2 N–H and O–H groups in total. The topological polar surface area (TPSA) is 78.6 Å². The van der Waals surface area contributed by atoms with Crippen LogP contribution in [-0.2, 0) is 19.6 Å². The summed E-state index contributed by atoms with van der Waals surface area (Å²) in [5.74, 6) is 0.0591. The Morgan fingerprint density at radius 2 is 1.90 bits per heavy atom. The lowest BCUT2D eigenvalue weighted by molar-refractivity contribution is -0.139. The Hall–Kier alpha value is -3.07. The van der Waals surface area contributed by atoms with Crippen LogP contribution in [0.15, 0.2) is 30.3 Å². The van der Waals surface area contributed by atoms with Gasteiger partial charge in [-0.15, -0.1) is 0 Å². The number of hydrogen-bond donors (Lipinski definition) is 2. The van der Waals surface area contributed by atoms with Crippen LogP contribution >= 0.6 is 0 Å². The number of alkyl halides is 3. The average molecular weight is 435 g/mol. The Bertz CT molecular complexity index is 1140. The number of aryl methyl sites for hydroxylation is 2. The van der Waals surface area contributed by atoms with E-state index in [9.17, 15) is 28.2 Å². The molecular weight excluding hydrogens is 411 g/mol. The number of fused-ring (bicyclic) bond motifs is 1.